The van der Waals surface area contributed by atoms with Gasteiger partial charge in [0.15, 0.2) is 0 Å². The van der Waals surface area contributed by atoms with Crippen molar-refractivity contribution in [3.8, 4) is 16.9 Å². The molecule has 1 aromatic carbocycles. The summed E-state index contributed by atoms with van der Waals surface area (Å²) in [4.78, 5) is 8.57. The zero-order valence-electron chi connectivity index (χ0n) is 13.3. The number of aliphatic hydroxyl groups is 1. The second kappa shape index (κ2) is 5.65. The molecule has 0 spiro atoms. The normalized spacial score (nSPS) is 19.9. The lowest BCUT2D eigenvalue weighted by Crippen LogP contribution is -2.08. The summed E-state index contributed by atoms with van der Waals surface area (Å²) < 4.78 is 7.28. The molecule has 3 N–H and O–H groups in total. The third kappa shape index (κ3) is 2.32. The Kier molecular flexibility index (Phi) is 3.46. The van der Waals surface area contributed by atoms with Crippen LogP contribution in [0.4, 0.5) is 5.82 Å². The number of nitrogens with two attached hydrogens (primary N) is 1. The van der Waals surface area contributed by atoms with Crippen LogP contribution >= 0.6 is 0 Å². The molecule has 0 saturated heterocycles. The van der Waals surface area contributed by atoms with Crippen molar-refractivity contribution in [2.75, 3.05) is 12.8 Å². The minimum Gasteiger partial charge on any atom is -0.497 e. The second-order valence-electron chi connectivity index (χ2n) is 5.89. The van der Waals surface area contributed by atoms with Gasteiger partial charge in [0.05, 0.1) is 24.6 Å². The Balaban J connectivity index is 1.90. The first-order valence-corrected chi connectivity index (χ1v) is 7.79. The number of aromatic nitrogens is 3. The van der Waals surface area contributed by atoms with E-state index in [-0.39, 0.29) is 6.04 Å². The summed E-state index contributed by atoms with van der Waals surface area (Å²) in [5.41, 5.74) is 8.90. The summed E-state index contributed by atoms with van der Waals surface area (Å²) in [6, 6.07) is 7.87. The topological polar surface area (TPSA) is 86.2 Å². The molecule has 0 amide bonds. The summed E-state index contributed by atoms with van der Waals surface area (Å²) >= 11 is 0. The van der Waals surface area contributed by atoms with Gasteiger partial charge in [-0.3, -0.25) is 0 Å². The number of allylic oxidation sites excluding steroid dienone is 1. The van der Waals surface area contributed by atoms with Crippen molar-refractivity contribution < 1.29 is 9.84 Å². The van der Waals surface area contributed by atoms with E-state index < -0.39 is 6.10 Å². The van der Waals surface area contributed by atoms with Gasteiger partial charge in [0, 0.05) is 18.2 Å². The number of ether oxygens (including phenoxy) is 1. The van der Waals surface area contributed by atoms with Gasteiger partial charge in [-0.15, -0.1) is 0 Å². The van der Waals surface area contributed by atoms with Crippen molar-refractivity contribution in [2.45, 2.75) is 18.6 Å². The zero-order valence-corrected chi connectivity index (χ0v) is 13.3. The van der Waals surface area contributed by atoms with Crippen LogP contribution in [-0.4, -0.2) is 32.9 Å². The van der Waals surface area contributed by atoms with E-state index in [9.17, 15) is 5.11 Å². The van der Waals surface area contributed by atoms with Gasteiger partial charge < -0.3 is 20.1 Å². The highest BCUT2D eigenvalue weighted by Gasteiger charge is 2.23. The summed E-state index contributed by atoms with van der Waals surface area (Å²) in [6.07, 6.45) is 7.53. The first-order valence-electron chi connectivity index (χ1n) is 7.79. The second-order valence-corrected chi connectivity index (χ2v) is 5.89. The van der Waals surface area contributed by atoms with E-state index in [1.54, 1.807) is 7.11 Å². The van der Waals surface area contributed by atoms with Crippen molar-refractivity contribution >= 4 is 16.9 Å². The van der Waals surface area contributed by atoms with Crippen LogP contribution in [0.1, 0.15) is 12.5 Å². The number of benzene rings is 1. The highest BCUT2D eigenvalue weighted by atomic mass is 16.5. The Labute approximate surface area is 139 Å². The Morgan fingerprint density at radius 2 is 2.00 bits per heavy atom. The fourth-order valence-electron chi connectivity index (χ4n) is 3.22. The third-order valence-corrected chi connectivity index (χ3v) is 4.44. The number of rotatable bonds is 3. The van der Waals surface area contributed by atoms with Crippen LogP contribution in [0.5, 0.6) is 5.75 Å². The number of hydrogen-bond acceptors (Lipinski definition) is 5. The lowest BCUT2D eigenvalue weighted by Gasteiger charge is -2.12. The van der Waals surface area contributed by atoms with Crippen LogP contribution in [0, 0.1) is 0 Å². The molecule has 1 aliphatic rings. The van der Waals surface area contributed by atoms with Gasteiger partial charge in [-0.05, 0) is 17.7 Å². The molecule has 2 aromatic heterocycles. The van der Waals surface area contributed by atoms with E-state index in [2.05, 4.69) is 14.5 Å². The molecule has 2 atom stereocenters. The first-order chi connectivity index (χ1) is 11.7. The molecule has 0 bridgehead atoms. The predicted molar refractivity (Wildman–Crippen MR) is 92.7 cm³/mol. The van der Waals surface area contributed by atoms with E-state index in [4.69, 9.17) is 10.5 Å². The fraction of sp³-hybridized carbons (Fsp3) is 0.222. The minimum atomic E-state index is -0.420. The highest BCUT2D eigenvalue weighted by Crippen LogP contribution is 2.37. The molecule has 0 saturated carbocycles. The van der Waals surface area contributed by atoms with E-state index in [1.165, 1.54) is 6.33 Å². The van der Waals surface area contributed by atoms with E-state index >= 15 is 0 Å². The van der Waals surface area contributed by atoms with Gasteiger partial charge in [-0.1, -0.05) is 24.3 Å². The molecular weight excluding hydrogens is 304 g/mol. The molecule has 2 unspecified atom stereocenters. The number of anilines is 1. The molecule has 2 heterocycles. The number of fused-ring (bicyclic) bond motifs is 1. The molecule has 0 aliphatic heterocycles. The number of nitrogen functional groups attached to an aromatic ring is 1. The number of hydrogen-bond donors (Lipinski definition) is 2. The molecule has 6 heteroatoms. The number of aliphatic hydroxyl groups excluding tert-OH is 1. The quantitative estimate of drug-likeness (QED) is 0.724. The Morgan fingerprint density at radius 3 is 2.67 bits per heavy atom. The monoisotopic (exact) mass is 322 g/mol. The SMILES string of the molecule is COc1ccc(-c2cn(C3C=CC(O)C3)c3ncnc(N)c23)cc1. The minimum absolute atomic E-state index is 0.0591. The maximum atomic E-state index is 9.80. The van der Waals surface area contributed by atoms with Crippen LogP contribution in [0.3, 0.4) is 0 Å². The van der Waals surface area contributed by atoms with Crippen molar-refractivity contribution in [1.29, 1.82) is 0 Å². The lowest BCUT2D eigenvalue weighted by atomic mass is 10.1. The Hall–Kier alpha value is -2.86. The fourth-order valence-corrected chi connectivity index (χ4v) is 3.22. The van der Waals surface area contributed by atoms with Crippen LogP contribution < -0.4 is 10.5 Å². The molecule has 1 aliphatic carbocycles. The van der Waals surface area contributed by atoms with Gasteiger partial charge in [0.2, 0.25) is 0 Å². The Morgan fingerprint density at radius 1 is 1.21 bits per heavy atom. The van der Waals surface area contributed by atoms with E-state index in [1.807, 2.05) is 42.6 Å². The third-order valence-electron chi connectivity index (χ3n) is 4.44. The maximum Gasteiger partial charge on any atom is 0.146 e. The molecule has 122 valence electrons. The number of methoxy groups -OCH3 is 1. The van der Waals surface area contributed by atoms with Crippen molar-refractivity contribution in [2.24, 2.45) is 0 Å². The van der Waals surface area contributed by atoms with Crippen molar-refractivity contribution in [3.05, 3.63) is 48.9 Å². The molecule has 0 radical (unpaired) electrons. The van der Waals surface area contributed by atoms with E-state index in [0.717, 1.165) is 27.9 Å². The van der Waals surface area contributed by atoms with Crippen LogP contribution in [-0.2, 0) is 0 Å². The van der Waals surface area contributed by atoms with Gasteiger partial charge in [0.25, 0.3) is 0 Å². The maximum absolute atomic E-state index is 9.80. The molecule has 24 heavy (non-hydrogen) atoms. The van der Waals surface area contributed by atoms with E-state index in [0.29, 0.717) is 12.2 Å². The van der Waals surface area contributed by atoms with Gasteiger partial charge in [-0.2, -0.15) is 0 Å². The van der Waals surface area contributed by atoms with Gasteiger partial charge in [0.1, 0.15) is 23.5 Å². The predicted octanol–water partition coefficient (Wildman–Crippen LogP) is 2.55. The molecule has 3 aromatic rings. The number of nitrogens with zero attached hydrogens (tertiary/aromatic N) is 3. The molecular formula is C18H18N4O2. The molecule has 4 rings (SSSR count). The zero-order chi connectivity index (χ0) is 16.7. The first kappa shape index (κ1) is 14.7. The summed E-state index contributed by atoms with van der Waals surface area (Å²) in [5, 5.41) is 10.6. The molecule has 6 nitrogen and oxygen atoms in total. The van der Waals surface area contributed by atoms with Crippen LogP contribution in [0.15, 0.2) is 48.9 Å². The van der Waals surface area contributed by atoms with Gasteiger partial charge >= 0.3 is 0 Å². The van der Waals surface area contributed by atoms with Crippen LogP contribution in [0.25, 0.3) is 22.2 Å². The lowest BCUT2D eigenvalue weighted by molar-refractivity contribution is 0.211. The van der Waals surface area contributed by atoms with Crippen molar-refractivity contribution in [1.82, 2.24) is 14.5 Å². The summed E-state index contributed by atoms with van der Waals surface area (Å²) in [7, 11) is 1.64. The smallest absolute Gasteiger partial charge is 0.146 e. The summed E-state index contributed by atoms with van der Waals surface area (Å²) in [5.74, 6) is 1.25. The molecule has 0 fully saturated rings. The van der Waals surface area contributed by atoms with Gasteiger partial charge in [-0.25, -0.2) is 9.97 Å². The summed E-state index contributed by atoms with van der Waals surface area (Å²) in [6.45, 7) is 0. The highest BCUT2D eigenvalue weighted by molar-refractivity contribution is 6.00. The average molecular weight is 322 g/mol. The van der Waals surface area contributed by atoms with Crippen molar-refractivity contribution in [3.63, 3.8) is 0 Å². The van der Waals surface area contributed by atoms with Crippen LogP contribution in [0.2, 0.25) is 0 Å². The Bertz CT molecular complexity index is 915. The average Bonchev–Trinajstić information content (AvgIpc) is 3.19. The largest absolute Gasteiger partial charge is 0.497 e. The standard InChI is InChI=1S/C18H18N4O2/c1-24-14-6-2-11(3-7-14)15-9-22(12-4-5-13(23)8-12)18-16(15)17(19)20-10-21-18/h2-7,9-10,12-13,23H,8H2,1H3,(H2,19,20,21).